The highest BCUT2D eigenvalue weighted by molar-refractivity contribution is 5.97. The van der Waals surface area contributed by atoms with Crippen LogP contribution in [0.15, 0.2) is 54.6 Å². The van der Waals surface area contributed by atoms with E-state index in [1.54, 1.807) is 18.2 Å². The van der Waals surface area contributed by atoms with Crippen molar-refractivity contribution >= 4 is 17.4 Å². The number of nitrogens with zero attached hydrogens (tertiary/aromatic N) is 1. The van der Waals surface area contributed by atoms with Crippen LogP contribution >= 0.6 is 0 Å². The second-order valence-electron chi connectivity index (χ2n) is 7.43. The van der Waals surface area contributed by atoms with Crippen molar-refractivity contribution in [2.24, 2.45) is 5.92 Å². The molecule has 1 aliphatic rings. The Morgan fingerprint density at radius 3 is 2.48 bits per heavy atom. The fourth-order valence-electron chi connectivity index (χ4n) is 3.67. The van der Waals surface area contributed by atoms with Gasteiger partial charge in [-0.1, -0.05) is 42.5 Å². The molecule has 0 radical (unpaired) electrons. The molecule has 1 fully saturated rings. The Balaban J connectivity index is 1.40. The number of hydrogen-bond donors (Lipinski definition) is 1. The molecule has 1 aliphatic heterocycles. The molecule has 2 aromatic carbocycles. The number of Topliss-reactive ketones (excluding diaryl/α,β-unsaturated/α-hetero) is 1. The zero-order chi connectivity index (χ0) is 19.1. The van der Waals surface area contributed by atoms with Crippen LogP contribution in [-0.2, 0) is 11.2 Å². The molecule has 1 amide bonds. The van der Waals surface area contributed by atoms with Crippen molar-refractivity contribution in [1.82, 2.24) is 4.90 Å². The maximum absolute atomic E-state index is 12.3. The predicted molar refractivity (Wildman–Crippen MR) is 109 cm³/mol. The fourth-order valence-corrected chi connectivity index (χ4v) is 3.67. The molecule has 27 heavy (non-hydrogen) atoms. The summed E-state index contributed by atoms with van der Waals surface area (Å²) in [7, 11) is 0. The topological polar surface area (TPSA) is 49.4 Å². The van der Waals surface area contributed by atoms with Crippen LogP contribution in [-0.4, -0.2) is 36.2 Å². The Morgan fingerprint density at radius 2 is 1.78 bits per heavy atom. The number of carbonyl (C=O) groups excluding carboxylic acids is 2. The lowest BCUT2D eigenvalue weighted by atomic mass is 9.90. The molecule has 2 aromatic rings. The van der Waals surface area contributed by atoms with Crippen molar-refractivity contribution in [3.05, 3.63) is 65.7 Å². The summed E-state index contributed by atoms with van der Waals surface area (Å²) >= 11 is 0. The minimum Gasteiger partial charge on any atom is -0.325 e. The van der Waals surface area contributed by atoms with E-state index in [2.05, 4.69) is 40.5 Å². The van der Waals surface area contributed by atoms with Gasteiger partial charge in [0.15, 0.2) is 5.78 Å². The van der Waals surface area contributed by atoms with Gasteiger partial charge in [-0.15, -0.1) is 0 Å². The molecule has 0 saturated carbocycles. The summed E-state index contributed by atoms with van der Waals surface area (Å²) in [5.41, 5.74) is 2.71. The largest absolute Gasteiger partial charge is 0.325 e. The third-order valence-electron chi connectivity index (χ3n) is 5.31. The second-order valence-corrected chi connectivity index (χ2v) is 7.43. The molecule has 3 rings (SSSR count). The summed E-state index contributed by atoms with van der Waals surface area (Å²) in [6.45, 7) is 3.89. The Morgan fingerprint density at radius 1 is 1.04 bits per heavy atom. The zero-order valence-electron chi connectivity index (χ0n) is 16.0. The monoisotopic (exact) mass is 364 g/mol. The number of benzene rings is 2. The first-order valence-electron chi connectivity index (χ1n) is 9.77. The fraction of sp³-hybridized carbons (Fsp3) is 0.391. The Labute approximate surface area is 161 Å². The van der Waals surface area contributed by atoms with Crippen LogP contribution in [0.5, 0.6) is 0 Å². The van der Waals surface area contributed by atoms with Gasteiger partial charge in [0.1, 0.15) is 0 Å². The maximum Gasteiger partial charge on any atom is 0.238 e. The van der Waals surface area contributed by atoms with Gasteiger partial charge in [-0.2, -0.15) is 0 Å². The van der Waals surface area contributed by atoms with E-state index < -0.39 is 0 Å². The van der Waals surface area contributed by atoms with Crippen molar-refractivity contribution in [1.29, 1.82) is 0 Å². The number of nitrogens with one attached hydrogen (secondary N) is 1. The molecule has 4 nitrogen and oxygen atoms in total. The van der Waals surface area contributed by atoms with Crippen LogP contribution in [0, 0.1) is 5.92 Å². The van der Waals surface area contributed by atoms with Crippen LogP contribution in [0.2, 0.25) is 0 Å². The van der Waals surface area contributed by atoms with Gasteiger partial charge in [0.05, 0.1) is 6.54 Å². The summed E-state index contributed by atoms with van der Waals surface area (Å²) in [6.07, 6.45) is 4.67. The molecule has 0 atom stereocenters. The van der Waals surface area contributed by atoms with E-state index in [0.29, 0.717) is 17.8 Å². The molecule has 0 bridgehead atoms. The molecule has 0 aromatic heterocycles. The normalized spacial score (nSPS) is 15.4. The van der Waals surface area contributed by atoms with E-state index in [1.807, 2.05) is 6.07 Å². The highest BCUT2D eigenvalue weighted by atomic mass is 16.2. The van der Waals surface area contributed by atoms with Gasteiger partial charge in [0.2, 0.25) is 5.91 Å². The van der Waals surface area contributed by atoms with E-state index in [0.717, 1.165) is 38.3 Å². The van der Waals surface area contributed by atoms with E-state index in [1.165, 1.54) is 18.9 Å². The molecule has 1 saturated heterocycles. The van der Waals surface area contributed by atoms with Gasteiger partial charge in [0.25, 0.3) is 0 Å². The number of ketones is 1. The molecular weight excluding hydrogens is 336 g/mol. The minimum absolute atomic E-state index is 0.00340. The molecule has 0 aliphatic carbocycles. The number of piperidine rings is 1. The maximum atomic E-state index is 12.3. The predicted octanol–water partition coefficient (Wildman–Crippen LogP) is 4.17. The van der Waals surface area contributed by atoms with Crippen molar-refractivity contribution in [3.8, 4) is 0 Å². The highest BCUT2D eigenvalue weighted by Crippen LogP contribution is 2.22. The van der Waals surface area contributed by atoms with E-state index in [-0.39, 0.29) is 11.7 Å². The smallest absolute Gasteiger partial charge is 0.238 e. The average molecular weight is 364 g/mol. The Bertz CT molecular complexity index is 765. The van der Waals surface area contributed by atoms with Gasteiger partial charge >= 0.3 is 0 Å². The van der Waals surface area contributed by atoms with Crippen molar-refractivity contribution in [2.45, 2.75) is 32.6 Å². The van der Waals surface area contributed by atoms with Gasteiger partial charge in [0, 0.05) is 11.3 Å². The number of carbonyl (C=O) groups is 2. The summed E-state index contributed by atoms with van der Waals surface area (Å²) in [4.78, 5) is 26.0. The molecule has 0 unspecified atom stereocenters. The van der Waals surface area contributed by atoms with Crippen molar-refractivity contribution in [2.75, 3.05) is 25.0 Å². The Kier molecular flexibility index (Phi) is 6.77. The number of hydrogen-bond acceptors (Lipinski definition) is 3. The van der Waals surface area contributed by atoms with Crippen LogP contribution in [0.3, 0.4) is 0 Å². The number of amides is 1. The molecule has 1 heterocycles. The quantitative estimate of drug-likeness (QED) is 0.750. The summed E-state index contributed by atoms with van der Waals surface area (Å²) in [5.74, 6) is 0.735. The van der Waals surface area contributed by atoms with Gasteiger partial charge in [-0.25, -0.2) is 0 Å². The van der Waals surface area contributed by atoms with Gasteiger partial charge < -0.3 is 5.32 Å². The molecule has 0 spiro atoms. The summed E-state index contributed by atoms with van der Waals surface area (Å²) < 4.78 is 0. The number of aryl methyl sites for hydroxylation is 1. The number of anilines is 1. The number of likely N-dealkylation sites (tertiary alicyclic amines) is 1. The SMILES string of the molecule is CC(=O)c1cccc(NC(=O)CN2CCC(CCc3ccccc3)CC2)c1. The number of rotatable bonds is 7. The lowest BCUT2D eigenvalue weighted by molar-refractivity contribution is -0.117. The first-order valence-corrected chi connectivity index (χ1v) is 9.77. The minimum atomic E-state index is -0.0153. The van der Waals surface area contributed by atoms with Crippen molar-refractivity contribution in [3.63, 3.8) is 0 Å². The molecule has 142 valence electrons. The average Bonchev–Trinajstić information content (AvgIpc) is 2.68. The second kappa shape index (κ2) is 9.47. The molecular formula is C23H28N2O2. The summed E-state index contributed by atoms with van der Waals surface area (Å²) in [5, 5.41) is 2.91. The third-order valence-corrected chi connectivity index (χ3v) is 5.31. The van der Waals surface area contributed by atoms with Gasteiger partial charge in [-0.05, 0) is 69.3 Å². The summed E-state index contributed by atoms with van der Waals surface area (Å²) in [6, 6.07) is 17.8. The standard InChI is InChI=1S/C23H28N2O2/c1-18(26)21-8-5-9-22(16-21)24-23(27)17-25-14-12-20(13-15-25)11-10-19-6-3-2-4-7-19/h2-9,16,20H,10-15,17H2,1H3,(H,24,27). The van der Waals surface area contributed by atoms with Crippen molar-refractivity contribution < 1.29 is 9.59 Å². The molecule has 1 N–H and O–H groups in total. The lowest BCUT2D eigenvalue weighted by Gasteiger charge is -2.31. The first kappa shape index (κ1) is 19.3. The van der Waals surface area contributed by atoms with E-state index in [4.69, 9.17) is 0 Å². The molecule has 4 heteroatoms. The Hall–Kier alpha value is -2.46. The van der Waals surface area contributed by atoms with Gasteiger partial charge in [-0.3, -0.25) is 14.5 Å². The van der Waals surface area contributed by atoms with E-state index in [9.17, 15) is 9.59 Å². The van der Waals surface area contributed by atoms with Crippen LogP contribution in [0.1, 0.15) is 42.1 Å². The first-order chi connectivity index (χ1) is 13.1. The zero-order valence-corrected chi connectivity index (χ0v) is 16.0. The third kappa shape index (κ3) is 6.04. The van der Waals surface area contributed by atoms with Crippen LogP contribution in [0.4, 0.5) is 5.69 Å². The van der Waals surface area contributed by atoms with E-state index >= 15 is 0 Å². The van der Waals surface area contributed by atoms with Crippen LogP contribution in [0.25, 0.3) is 0 Å². The lowest BCUT2D eigenvalue weighted by Crippen LogP contribution is -2.39. The van der Waals surface area contributed by atoms with Crippen LogP contribution < -0.4 is 5.32 Å². The highest BCUT2D eigenvalue weighted by Gasteiger charge is 2.20.